The third kappa shape index (κ3) is 7.61. The molecule has 1 atom stereocenters. The van der Waals surface area contributed by atoms with Gasteiger partial charge in [0, 0.05) is 48.8 Å². The molecule has 6 nitrogen and oxygen atoms in total. The number of hydrogen-bond donors (Lipinski definition) is 1. The molecule has 0 aliphatic rings. The van der Waals surface area contributed by atoms with Crippen molar-refractivity contribution in [1.29, 1.82) is 0 Å². The number of rotatable bonds is 11. The van der Waals surface area contributed by atoms with Crippen LogP contribution in [0.4, 0.5) is 5.69 Å². The van der Waals surface area contributed by atoms with Crippen molar-refractivity contribution >= 4 is 22.5 Å². The lowest BCUT2D eigenvalue weighted by atomic mass is 9.91. The van der Waals surface area contributed by atoms with E-state index in [1.807, 2.05) is 53.4 Å². The van der Waals surface area contributed by atoms with Crippen molar-refractivity contribution in [3.05, 3.63) is 60.3 Å². The van der Waals surface area contributed by atoms with Gasteiger partial charge in [0.05, 0.1) is 25.4 Å². The van der Waals surface area contributed by atoms with Crippen molar-refractivity contribution in [2.45, 2.75) is 59.5 Å². The Labute approximate surface area is 209 Å². The van der Waals surface area contributed by atoms with Gasteiger partial charge in [-0.15, -0.1) is 0 Å². The fraction of sp³-hybridized carbons (Fsp3) is 0.448. The summed E-state index contributed by atoms with van der Waals surface area (Å²) in [5, 5.41) is 4.64. The second kappa shape index (κ2) is 11.9. The first-order chi connectivity index (χ1) is 16.7. The van der Waals surface area contributed by atoms with Gasteiger partial charge in [-0.25, -0.2) is 0 Å². The monoisotopic (exact) mass is 477 g/mol. The normalized spacial score (nSPS) is 12.3. The molecule has 3 rings (SSSR count). The summed E-state index contributed by atoms with van der Waals surface area (Å²) in [7, 11) is 3.35. The average molecular weight is 478 g/mol. The van der Waals surface area contributed by atoms with Gasteiger partial charge in [0.2, 0.25) is 5.91 Å². The smallest absolute Gasteiger partial charge is 0.223 e. The largest absolute Gasteiger partial charge is 0.497 e. The van der Waals surface area contributed by atoms with Gasteiger partial charge in [-0.05, 0) is 43.4 Å². The molecule has 1 unspecified atom stereocenters. The van der Waals surface area contributed by atoms with Gasteiger partial charge in [0.1, 0.15) is 11.5 Å². The van der Waals surface area contributed by atoms with Gasteiger partial charge in [0.15, 0.2) is 0 Å². The van der Waals surface area contributed by atoms with Crippen molar-refractivity contribution in [3.63, 3.8) is 0 Å². The molecule has 3 aromatic rings. The van der Waals surface area contributed by atoms with E-state index in [9.17, 15) is 4.79 Å². The highest BCUT2D eigenvalue weighted by atomic mass is 16.5. The maximum Gasteiger partial charge on any atom is 0.223 e. The van der Waals surface area contributed by atoms with E-state index in [-0.39, 0.29) is 17.4 Å². The average Bonchev–Trinajstić information content (AvgIpc) is 2.82. The minimum Gasteiger partial charge on any atom is -0.497 e. The molecule has 188 valence electrons. The molecule has 1 N–H and O–H groups in total. The van der Waals surface area contributed by atoms with Crippen LogP contribution in [0.1, 0.15) is 52.5 Å². The van der Waals surface area contributed by atoms with Gasteiger partial charge in [-0.1, -0.05) is 45.0 Å². The Kier molecular flexibility index (Phi) is 8.96. The number of fused-ring (bicyclic) bond motifs is 1. The van der Waals surface area contributed by atoms with Crippen LogP contribution in [-0.2, 0) is 11.3 Å². The molecule has 1 aromatic heterocycles. The molecular formula is C29H39N3O3. The van der Waals surface area contributed by atoms with Crippen LogP contribution in [0.2, 0.25) is 0 Å². The number of carbonyl (C=O) groups excluding carboxylic acids is 1. The molecule has 1 heterocycles. The molecule has 0 radical (unpaired) electrons. The quantitative estimate of drug-likeness (QED) is 0.351. The zero-order chi connectivity index (χ0) is 25.4. The van der Waals surface area contributed by atoms with Crippen LogP contribution in [0.15, 0.2) is 54.7 Å². The number of methoxy groups -OCH3 is 2. The molecule has 6 heteroatoms. The third-order valence-corrected chi connectivity index (χ3v) is 5.97. The molecule has 0 saturated carbocycles. The first-order valence-corrected chi connectivity index (χ1v) is 12.3. The number of hydrogen-bond acceptors (Lipinski definition) is 5. The molecule has 0 spiro atoms. The highest BCUT2D eigenvalue weighted by Gasteiger charge is 2.22. The first-order valence-electron chi connectivity index (χ1n) is 12.3. The lowest BCUT2D eigenvalue weighted by Gasteiger charge is -2.28. The maximum atomic E-state index is 13.2. The molecule has 0 aliphatic carbocycles. The third-order valence-electron chi connectivity index (χ3n) is 5.97. The standard InChI is InChI=1S/C29H39N3O3/c1-21(31-25-18-24(34-5)17-22-13-9-15-30-28(22)25)11-10-16-32(27(33)19-29(2,3)4)20-23-12-7-8-14-26(23)35-6/h7-9,12-15,17-18,21,31H,10-11,16,19-20H2,1-6H3. The summed E-state index contributed by atoms with van der Waals surface area (Å²) in [5.74, 6) is 1.79. The van der Waals surface area contributed by atoms with Gasteiger partial charge >= 0.3 is 0 Å². The Morgan fingerprint density at radius 3 is 2.57 bits per heavy atom. The summed E-state index contributed by atoms with van der Waals surface area (Å²) in [6.45, 7) is 9.71. The van der Waals surface area contributed by atoms with E-state index < -0.39 is 0 Å². The molecular weight excluding hydrogens is 438 g/mol. The lowest BCUT2D eigenvalue weighted by molar-refractivity contribution is -0.133. The van der Waals surface area contributed by atoms with Crippen LogP contribution >= 0.6 is 0 Å². The Balaban J connectivity index is 1.67. The molecule has 0 aliphatic heterocycles. The fourth-order valence-electron chi connectivity index (χ4n) is 4.22. The topological polar surface area (TPSA) is 63.7 Å². The molecule has 0 saturated heterocycles. The van der Waals surface area contributed by atoms with Crippen LogP contribution in [0.3, 0.4) is 0 Å². The summed E-state index contributed by atoms with van der Waals surface area (Å²) in [6.07, 6.45) is 4.12. The molecule has 0 bridgehead atoms. The summed E-state index contributed by atoms with van der Waals surface area (Å²) in [6, 6.07) is 16.1. The van der Waals surface area contributed by atoms with E-state index >= 15 is 0 Å². The predicted octanol–water partition coefficient (Wildman–Crippen LogP) is 6.30. The maximum absolute atomic E-state index is 13.2. The predicted molar refractivity (Wildman–Crippen MR) is 143 cm³/mol. The van der Waals surface area contributed by atoms with Gasteiger partial charge in [-0.3, -0.25) is 9.78 Å². The van der Waals surface area contributed by atoms with Crippen molar-refractivity contribution in [1.82, 2.24) is 9.88 Å². The van der Waals surface area contributed by atoms with Crippen molar-refractivity contribution in [3.8, 4) is 11.5 Å². The molecule has 2 aromatic carbocycles. The number of carbonyl (C=O) groups is 1. The summed E-state index contributed by atoms with van der Waals surface area (Å²) >= 11 is 0. The van der Waals surface area contributed by atoms with E-state index in [1.54, 1.807) is 20.4 Å². The molecule has 35 heavy (non-hydrogen) atoms. The molecule has 1 amide bonds. The first kappa shape index (κ1) is 26.3. The van der Waals surface area contributed by atoms with Crippen LogP contribution in [0.5, 0.6) is 11.5 Å². The van der Waals surface area contributed by atoms with Gasteiger partial charge in [-0.2, -0.15) is 0 Å². The lowest BCUT2D eigenvalue weighted by Crippen LogP contribution is -2.34. The van der Waals surface area contributed by atoms with Gasteiger partial charge < -0.3 is 19.7 Å². The van der Waals surface area contributed by atoms with E-state index in [4.69, 9.17) is 9.47 Å². The van der Waals surface area contributed by atoms with Crippen LogP contribution < -0.4 is 14.8 Å². The Hall–Kier alpha value is -3.28. The number of nitrogens with one attached hydrogen (secondary N) is 1. The second-order valence-corrected chi connectivity index (χ2v) is 10.3. The number of amides is 1. The van der Waals surface area contributed by atoms with Crippen molar-refractivity contribution in [2.75, 3.05) is 26.1 Å². The SMILES string of the molecule is COc1cc(NC(C)CCCN(Cc2ccccc2OC)C(=O)CC(C)(C)C)c2ncccc2c1. The molecule has 0 fully saturated rings. The number of anilines is 1. The Bertz CT molecular complexity index is 1120. The van der Waals surface area contributed by atoms with Crippen LogP contribution in [-0.4, -0.2) is 42.6 Å². The van der Waals surface area contributed by atoms with Crippen LogP contribution in [0.25, 0.3) is 10.9 Å². The Morgan fingerprint density at radius 1 is 1.09 bits per heavy atom. The Morgan fingerprint density at radius 2 is 1.86 bits per heavy atom. The van der Waals surface area contributed by atoms with E-state index in [0.29, 0.717) is 19.5 Å². The zero-order valence-corrected chi connectivity index (χ0v) is 21.9. The van der Waals surface area contributed by atoms with E-state index in [1.165, 1.54) is 0 Å². The minimum absolute atomic E-state index is 0.0641. The number of para-hydroxylation sites is 1. The van der Waals surface area contributed by atoms with Crippen LogP contribution in [0, 0.1) is 5.41 Å². The summed E-state index contributed by atoms with van der Waals surface area (Å²) < 4.78 is 11.0. The summed E-state index contributed by atoms with van der Waals surface area (Å²) in [4.78, 5) is 19.7. The zero-order valence-electron chi connectivity index (χ0n) is 21.9. The number of benzene rings is 2. The highest BCUT2D eigenvalue weighted by Crippen LogP contribution is 2.29. The number of ether oxygens (including phenoxy) is 2. The number of aromatic nitrogens is 1. The van der Waals surface area contributed by atoms with E-state index in [0.717, 1.165) is 46.5 Å². The van der Waals surface area contributed by atoms with E-state index in [2.05, 4.69) is 38.0 Å². The highest BCUT2D eigenvalue weighted by molar-refractivity contribution is 5.91. The number of pyridine rings is 1. The second-order valence-electron chi connectivity index (χ2n) is 10.3. The van der Waals surface area contributed by atoms with Crippen molar-refractivity contribution < 1.29 is 14.3 Å². The fourth-order valence-corrected chi connectivity index (χ4v) is 4.22. The summed E-state index contributed by atoms with van der Waals surface area (Å²) in [5.41, 5.74) is 2.85. The van der Waals surface area contributed by atoms with Gasteiger partial charge in [0.25, 0.3) is 0 Å². The number of nitrogens with zero attached hydrogens (tertiary/aromatic N) is 2. The van der Waals surface area contributed by atoms with Crippen molar-refractivity contribution in [2.24, 2.45) is 5.41 Å². The minimum atomic E-state index is -0.0641.